The largest absolute Gasteiger partial charge is 0.389 e. The number of aromatic nitrogens is 2. The average Bonchev–Trinajstić information content (AvgIpc) is 3.03. The fourth-order valence-electron chi connectivity index (χ4n) is 3.14. The molecule has 0 radical (unpaired) electrons. The first-order valence-corrected chi connectivity index (χ1v) is 8.57. The Morgan fingerprint density at radius 1 is 1.48 bits per heavy atom. The molecule has 2 heterocycles. The van der Waals surface area contributed by atoms with Crippen molar-refractivity contribution in [2.45, 2.75) is 57.4 Å². The summed E-state index contributed by atoms with van der Waals surface area (Å²) in [7, 11) is 0. The first-order chi connectivity index (χ1) is 11.2. The Morgan fingerprint density at radius 3 is 3.09 bits per heavy atom. The number of hydrogen-bond donors (Lipinski definition) is 3. The summed E-state index contributed by atoms with van der Waals surface area (Å²) in [6.07, 6.45) is 5.43. The molecule has 0 saturated heterocycles. The number of ether oxygens (including phenoxy) is 1. The Bertz CT molecular complexity index is 502. The van der Waals surface area contributed by atoms with Crippen molar-refractivity contribution in [3.05, 3.63) is 17.5 Å². The maximum Gasteiger partial charge on any atom is 0.271 e. The third-order valence-electron chi connectivity index (χ3n) is 4.48. The Kier molecular flexibility index (Phi) is 5.64. The van der Waals surface area contributed by atoms with E-state index >= 15 is 0 Å². The van der Waals surface area contributed by atoms with Crippen molar-refractivity contribution < 1.29 is 14.6 Å². The molecule has 1 aliphatic heterocycles. The second kappa shape index (κ2) is 7.90. The molecule has 128 valence electrons. The SMILES string of the molecule is O=C(NCC(O)COC1CCCCC1)c1cc2n(n1)CCNC2. The van der Waals surface area contributed by atoms with Crippen molar-refractivity contribution in [2.75, 3.05) is 19.7 Å². The van der Waals surface area contributed by atoms with E-state index in [1.165, 1.54) is 19.3 Å². The third-order valence-corrected chi connectivity index (χ3v) is 4.48. The number of carbonyl (C=O) groups is 1. The first-order valence-electron chi connectivity index (χ1n) is 8.57. The number of amides is 1. The van der Waals surface area contributed by atoms with Crippen LogP contribution in [0.15, 0.2) is 6.07 Å². The maximum absolute atomic E-state index is 12.1. The topological polar surface area (TPSA) is 88.4 Å². The highest BCUT2D eigenvalue weighted by atomic mass is 16.5. The van der Waals surface area contributed by atoms with Crippen molar-refractivity contribution in [1.29, 1.82) is 0 Å². The number of rotatable bonds is 6. The smallest absolute Gasteiger partial charge is 0.271 e. The number of nitrogens with one attached hydrogen (secondary N) is 2. The summed E-state index contributed by atoms with van der Waals surface area (Å²) in [4.78, 5) is 12.1. The normalized spacial score (nSPS) is 20.0. The Balaban J connectivity index is 1.40. The van der Waals surface area contributed by atoms with Crippen LogP contribution in [0.4, 0.5) is 0 Å². The van der Waals surface area contributed by atoms with Crippen molar-refractivity contribution >= 4 is 5.91 Å². The van der Waals surface area contributed by atoms with Gasteiger partial charge in [-0.25, -0.2) is 0 Å². The van der Waals surface area contributed by atoms with Crippen molar-refractivity contribution in [2.24, 2.45) is 0 Å². The molecule has 2 aliphatic rings. The average molecular weight is 322 g/mol. The van der Waals surface area contributed by atoms with Crippen LogP contribution in [0.25, 0.3) is 0 Å². The van der Waals surface area contributed by atoms with Crippen molar-refractivity contribution in [3.63, 3.8) is 0 Å². The monoisotopic (exact) mass is 322 g/mol. The second-order valence-electron chi connectivity index (χ2n) is 6.38. The fourth-order valence-corrected chi connectivity index (χ4v) is 3.14. The summed E-state index contributed by atoms with van der Waals surface area (Å²) in [5.74, 6) is -0.247. The van der Waals surface area contributed by atoms with E-state index < -0.39 is 6.10 Å². The summed E-state index contributed by atoms with van der Waals surface area (Å²) in [6.45, 7) is 2.84. The quantitative estimate of drug-likeness (QED) is 0.707. The van der Waals surface area contributed by atoms with Crippen molar-refractivity contribution in [3.8, 4) is 0 Å². The Morgan fingerprint density at radius 2 is 2.30 bits per heavy atom. The molecule has 1 atom stereocenters. The van der Waals surface area contributed by atoms with Crippen LogP contribution in [0, 0.1) is 0 Å². The molecule has 0 bridgehead atoms. The molecule has 0 aromatic carbocycles. The van der Waals surface area contributed by atoms with E-state index in [0.717, 1.165) is 38.2 Å². The number of nitrogens with zero attached hydrogens (tertiary/aromatic N) is 2. The van der Waals surface area contributed by atoms with E-state index in [1.807, 2.05) is 4.68 Å². The van der Waals surface area contributed by atoms with E-state index in [2.05, 4.69) is 15.7 Å². The maximum atomic E-state index is 12.1. The van der Waals surface area contributed by atoms with Gasteiger partial charge in [0.2, 0.25) is 0 Å². The molecule has 1 saturated carbocycles. The van der Waals surface area contributed by atoms with Gasteiger partial charge in [0.15, 0.2) is 0 Å². The van der Waals surface area contributed by atoms with Gasteiger partial charge < -0.3 is 20.5 Å². The molecule has 7 heteroatoms. The number of aliphatic hydroxyl groups excluding tert-OH is 1. The molecular formula is C16H26N4O3. The van der Waals surface area contributed by atoms with E-state index in [-0.39, 0.29) is 25.2 Å². The summed E-state index contributed by atoms with van der Waals surface area (Å²) < 4.78 is 7.57. The number of fused-ring (bicyclic) bond motifs is 1. The Hall–Kier alpha value is -1.44. The van der Waals surface area contributed by atoms with Gasteiger partial charge in [-0.1, -0.05) is 19.3 Å². The lowest BCUT2D eigenvalue weighted by molar-refractivity contribution is -0.0225. The molecule has 0 spiro atoms. The molecule has 1 aliphatic carbocycles. The molecule has 7 nitrogen and oxygen atoms in total. The molecule has 1 unspecified atom stereocenters. The van der Waals surface area contributed by atoms with Gasteiger partial charge >= 0.3 is 0 Å². The van der Waals surface area contributed by atoms with Crippen molar-refractivity contribution in [1.82, 2.24) is 20.4 Å². The van der Waals surface area contributed by atoms with E-state index in [0.29, 0.717) is 5.69 Å². The first kappa shape index (κ1) is 16.4. The predicted molar refractivity (Wildman–Crippen MR) is 85.1 cm³/mol. The van der Waals surface area contributed by atoms with Gasteiger partial charge in [0.25, 0.3) is 5.91 Å². The minimum atomic E-state index is -0.681. The standard InChI is InChI=1S/C16H26N4O3/c21-13(11-23-14-4-2-1-3-5-14)10-18-16(22)15-8-12-9-17-6-7-20(12)19-15/h8,13-14,17,21H,1-7,9-11H2,(H,18,22). The zero-order valence-electron chi connectivity index (χ0n) is 13.5. The van der Waals surface area contributed by atoms with Gasteiger partial charge in [0.05, 0.1) is 31.1 Å². The third kappa shape index (κ3) is 4.53. The minimum absolute atomic E-state index is 0.187. The Labute approximate surface area is 136 Å². The van der Waals surface area contributed by atoms with Crippen LogP contribution < -0.4 is 10.6 Å². The summed E-state index contributed by atoms with van der Waals surface area (Å²) >= 11 is 0. The fraction of sp³-hybridized carbons (Fsp3) is 0.750. The van der Waals surface area contributed by atoms with E-state index in [1.54, 1.807) is 6.07 Å². The molecule has 3 rings (SSSR count). The highest BCUT2D eigenvalue weighted by Gasteiger charge is 2.18. The van der Waals surface area contributed by atoms with E-state index in [4.69, 9.17) is 4.74 Å². The molecule has 23 heavy (non-hydrogen) atoms. The molecule has 1 aromatic rings. The van der Waals surface area contributed by atoms with Crippen LogP contribution >= 0.6 is 0 Å². The minimum Gasteiger partial charge on any atom is -0.389 e. The lowest BCUT2D eigenvalue weighted by Crippen LogP contribution is -2.36. The van der Waals surface area contributed by atoms with Gasteiger partial charge in [-0.2, -0.15) is 5.10 Å². The highest BCUT2D eigenvalue weighted by molar-refractivity contribution is 5.92. The van der Waals surface area contributed by atoms with Crippen LogP contribution in [0.2, 0.25) is 0 Å². The number of hydrogen-bond acceptors (Lipinski definition) is 5. The highest BCUT2D eigenvalue weighted by Crippen LogP contribution is 2.20. The lowest BCUT2D eigenvalue weighted by atomic mass is 9.98. The van der Waals surface area contributed by atoms with Crippen LogP contribution in [-0.4, -0.2) is 52.7 Å². The molecule has 3 N–H and O–H groups in total. The van der Waals surface area contributed by atoms with Crippen LogP contribution in [0.3, 0.4) is 0 Å². The lowest BCUT2D eigenvalue weighted by Gasteiger charge is -2.23. The zero-order valence-corrected chi connectivity index (χ0v) is 13.5. The molecule has 1 amide bonds. The zero-order chi connectivity index (χ0) is 16.1. The summed E-state index contributed by atoms with van der Waals surface area (Å²) in [6, 6.07) is 1.80. The summed E-state index contributed by atoms with van der Waals surface area (Å²) in [5.41, 5.74) is 1.42. The van der Waals surface area contributed by atoms with Gasteiger partial charge in [0.1, 0.15) is 5.69 Å². The summed E-state index contributed by atoms with van der Waals surface area (Å²) in [5, 5.41) is 20.2. The molecular weight excluding hydrogens is 296 g/mol. The number of aliphatic hydroxyl groups is 1. The predicted octanol–water partition coefficient (Wildman–Crippen LogP) is 0.426. The second-order valence-corrected chi connectivity index (χ2v) is 6.38. The molecule has 1 fully saturated rings. The van der Waals surface area contributed by atoms with Gasteiger partial charge in [-0.15, -0.1) is 0 Å². The van der Waals surface area contributed by atoms with Crippen LogP contribution in [0.1, 0.15) is 48.3 Å². The van der Waals surface area contributed by atoms with Gasteiger partial charge in [-0.05, 0) is 18.9 Å². The van der Waals surface area contributed by atoms with Gasteiger partial charge in [-0.3, -0.25) is 9.48 Å². The van der Waals surface area contributed by atoms with E-state index in [9.17, 15) is 9.90 Å². The number of carbonyl (C=O) groups excluding carboxylic acids is 1. The van der Waals surface area contributed by atoms with Gasteiger partial charge in [0, 0.05) is 19.6 Å². The van der Waals surface area contributed by atoms with Crippen LogP contribution in [0.5, 0.6) is 0 Å². The van der Waals surface area contributed by atoms with Crippen LogP contribution in [-0.2, 0) is 17.8 Å². The molecule has 1 aromatic heterocycles.